The minimum absolute atomic E-state index is 0.00519. The standard InChI is InChI=1S/C20H14F3N3O/c21-20(22,23)16-10-4-6-14(12-16)7-5-11-24-19(27)18-13-17(25-26-18)15-8-2-1-3-9-15/h1-4,6,8-10,12-13H,11H2,(H,24,27)(H,25,26). The summed E-state index contributed by atoms with van der Waals surface area (Å²) in [6.07, 6.45) is -4.41. The molecule has 0 aliphatic rings. The van der Waals surface area contributed by atoms with Crippen molar-refractivity contribution in [2.45, 2.75) is 6.18 Å². The van der Waals surface area contributed by atoms with Crippen molar-refractivity contribution < 1.29 is 18.0 Å². The molecule has 4 nitrogen and oxygen atoms in total. The van der Waals surface area contributed by atoms with Crippen molar-refractivity contribution in [2.24, 2.45) is 0 Å². The second kappa shape index (κ2) is 7.79. The molecule has 27 heavy (non-hydrogen) atoms. The van der Waals surface area contributed by atoms with Crippen LogP contribution in [0.5, 0.6) is 0 Å². The van der Waals surface area contributed by atoms with Crippen LogP contribution in [0.25, 0.3) is 11.3 Å². The van der Waals surface area contributed by atoms with Crippen LogP contribution in [0.3, 0.4) is 0 Å². The summed E-state index contributed by atoms with van der Waals surface area (Å²) < 4.78 is 38.0. The number of hydrogen-bond donors (Lipinski definition) is 2. The van der Waals surface area contributed by atoms with E-state index >= 15 is 0 Å². The highest BCUT2D eigenvalue weighted by atomic mass is 19.4. The number of nitrogens with one attached hydrogen (secondary N) is 2. The first-order chi connectivity index (χ1) is 12.9. The van der Waals surface area contributed by atoms with Crippen LogP contribution in [0.2, 0.25) is 0 Å². The van der Waals surface area contributed by atoms with Gasteiger partial charge in [0.25, 0.3) is 5.91 Å². The molecule has 0 aliphatic heterocycles. The van der Waals surface area contributed by atoms with Crippen molar-refractivity contribution >= 4 is 5.91 Å². The summed E-state index contributed by atoms with van der Waals surface area (Å²) in [6, 6.07) is 15.7. The van der Waals surface area contributed by atoms with Crippen LogP contribution in [0.15, 0.2) is 60.7 Å². The van der Waals surface area contributed by atoms with Crippen molar-refractivity contribution in [3.8, 4) is 23.1 Å². The summed E-state index contributed by atoms with van der Waals surface area (Å²) in [5.74, 6) is 4.84. The van der Waals surface area contributed by atoms with Crippen molar-refractivity contribution in [2.75, 3.05) is 6.54 Å². The molecular weight excluding hydrogens is 355 g/mol. The first-order valence-corrected chi connectivity index (χ1v) is 7.98. The van der Waals surface area contributed by atoms with E-state index in [1.807, 2.05) is 30.3 Å². The predicted octanol–water partition coefficient (Wildman–Crippen LogP) is 3.88. The zero-order chi connectivity index (χ0) is 19.3. The molecule has 3 aromatic rings. The summed E-state index contributed by atoms with van der Waals surface area (Å²) in [4.78, 5) is 12.1. The van der Waals surface area contributed by atoms with Gasteiger partial charge in [0.1, 0.15) is 5.69 Å². The Balaban J connectivity index is 1.60. The Bertz CT molecular complexity index is 998. The maximum Gasteiger partial charge on any atom is 0.416 e. The molecule has 7 heteroatoms. The summed E-state index contributed by atoms with van der Waals surface area (Å²) in [5.41, 5.74) is 1.25. The van der Waals surface area contributed by atoms with E-state index in [0.717, 1.165) is 17.7 Å². The number of carbonyl (C=O) groups excluding carboxylic acids is 1. The van der Waals surface area contributed by atoms with Gasteiger partial charge < -0.3 is 5.32 Å². The molecule has 0 saturated carbocycles. The van der Waals surface area contributed by atoms with Crippen molar-refractivity contribution in [1.82, 2.24) is 15.5 Å². The van der Waals surface area contributed by atoms with E-state index in [1.165, 1.54) is 12.1 Å². The lowest BCUT2D eigenvalue weighted by Crippen LogP contribution is -2.23. The number of aromatic nitrogens is 2. The van der Waals surface area contributed by atoms with Crippen LogP contribution in [-0.2, 0) is 6.18 Å². The smallest absolute Gasteiger partial charge is 0.340 e. The first-order valence-electron chi connectivity index (χ1n) is 7.98. The number of alkyl halides is 3. The molecule has 3 rings (SSSR count). The third-order valence-electron chi connectivity index (χ3n) is 3.65. The number of aromatic amines is 1. The maximum atomic E-state index is 12.7. The Morgan fingerprint density at radius 3 is 2.59 bits per heavy atom. The van der Waals surface area contributed by atoms with Gasteiger partial charge in [-0.25, -0.2) is 0 Å². The minimum atomic E-state index is -4.41. The average Bonchev–Trinajstić information content (AvgIpc) is 3.16. The lowest BCUT2D eigenvalue weighted by molar-refractivity contribution is -0.137. The number of rotatable bonds is 3. The van der Waals surface area contributed by atoms with Crippen LogP contribution in [0.4, 0.5) is 13.2 Å². The zero-order valence-electron chi connectivity index (χ0n) is 14.0. The number of H-pyrrole nitrogens is 1. The second-order valence-corrected chi connectivity index (χ2v) is 5.60. The van der Waals surface area contributed by atoms with E-state index < -0.39 is 17.6 Å². The lowest BCUT2D eigenvalue weighted by Gasteiger charge is -2.05. The fourth-order valence-electron chi connectivity index (χ4n) is 2.33. The Morgan fingerprint density at radius 2 is 1.85 bits per heavy atom. The third-order valence-corrected chi connectivity index (χ3v) is 3.65. The van der Waals surface area contributed by atoms with Gasteiger partial charge in [0.05, 0.1) is 17.8 Å². The van der Waals surface area contributed by atoms with E-state index in [2.05, 4.69) is 27.4 Å². The zero-order valence-corrected chi connectivity index (χ0v) is 14.0. The van der Waals surface area contributed by atoms with Gasteiger partial charge >= 0.3 is 6.18 Å². The highest BCUT2D eigenvalue weighted by molar-refractivity contribution is 5.93. The van der Waals surface area contributed by atoms with Gasteiger partial charge in [-0.05, 0) is 24.3 Å². The largest absolute Gasteiger partial charge is 0.416 e. The maximum absolute atomic E-state index is 12.7. The number of benzene rings is 2. The highest BCUT2D eigenvalue weighted by Gasteiger charge is 2.30. The van der Waals surface area contributed by atoms with Gasteiger partial charge in [-0.2, -0.15) is 18.3 Å². The fourth-order valence-corrected chi connectivity index (χ4v) is 2.33. The quantitative estimate of drug-likeness (QED) is 0.689. The molecular formula is C20H14F3N3O. The van der Waals surface area contributed by atoms with Crippen LogP contribution >= 0.6 is 0 Å². The topological polar surface area (TPSA) is 57.8 Å². The molecule has 0 fully saturated rings. The van der Waals surface area contributed by atoms with Gasteiger partial charge in [0.15, 0.2) is 0 Å². The molecule has 0 saturated heterocycles. The normalized spacial score (nSPS) is 10.8. The Morgan fingerprint density at radius 1 is 1.07 bits per heavy atom. The highest BCUT2D eigenvalue weighted by Crippen LogP contribution is 2.29. The fraction of sp³-hybridized carbons (Fsp3) is 0.100. The molecule has 0 unspecified atom stereocenters. The van der Waals surface area contributed by atoms with E-state index in [4.69, 9.17) is 0 Å². The summed E-state index contributed by atoms with van der Waals surface area (Å²) in [5, 5.41) is 9.31. The number of carbonyl (C=O) groups is 1. The van der Waals surface area contributed by atoms with Gasteiger partial charge in [-0.1, -0.05) is 48.2 Å². The predicted molar refractivity (Wildman–Crippen MR) is 94.7 cm³/mol. The third kappa shape index (κ3) is 4.76. The van der Waals surface area contributed by atoms with Crippen LogP contribution in [0.1, 0.15) is 21.6 Å². The number of halogens is 3. The molecule has 0 spiro atoms. The van der Waals surface area contributed by atoms with Crippen molar-refractivity contribution in [1.29, 1.82) is 0 Å². The van der Waals surface area contributed by atoms with E-state index in [9.17, 15) is 18.0 Å². The van der Waals surface area contributed by atoms with Gasteiger partial charge in [-0.3, -0.25) is 9.89 Å². The molecule has 0 bridgehead atoms. The molecule has 0 aliphatic carbocycles. The molecule has 136 valence electrons. The molecule has 2 aromatic carbocycles. The Labute approximate surface area is 153 Å². The van der Waals surface area contributed by atoms with Gasteiger partial charge in [-0.15, -0.1) is 0 Å². The van der Waals surface area contributed by atoms with Gasteiger partial charge in [0.2, 0.25) is 0 Å². The Kier molecular flexibility index (Phi) is 5.27. The summed E-state index contributed by atoms with van der Waals surface area (Å²) >= 11 is 0. The molecule has 0 atom stereocenters. The first kappa shape index (κ1) is 18.3. The van der Waals surface area contributed by atoms with Crippen LogP contribution in [0, 0.1) is 11.8 Å². The molecule has 2 N–H and O–H groups in total. The minimum Gasteiger partial charge on any atom is -0.340 e. The van der Waals surface area contributed by atoms with Crippen molar-refractivity contribution in [3.63, 3.8) is 0 Å². The number of nitrogens with zero attached hydrogens (tertiary/aromatic N) is 1. The van der Waals surface area contributed by atoms with Crippen LogP contribution < -0.4 is 5.32 Å². The summed E-state index contributed by atoms with van der Waals surface area (Å²) in [7, 11) is 0. The van der Waals surface area contributed by atoms with Crippen molar-refractivity contribution in [3.05, 3.63) is 77.5 Å². The molecule has 1 amide bonds. The lowest BCUT2D eigenvalue weighted by atomic mass is 10.1. The van der Waals surface area contributed by atoms with E-state index in [0.29, 0.717) is 5.69 Å². The molecule has 1 heterocycles. The average molecular weight is 369 g/mol. The summed E-state index contributed by atoms with van der Waals surface area (Å²) in [6.45, 7) is -0.00519. The number of amides is 1. The molecule has 0 radical (unpaired) electrons. The Hall–Kier alpha value is -3.53. The van der Waals surface area contributed by atoms with E-state index in [-0.39, 0.29) is 17.8 Å². The van der Waals surface area contributed by atoms with E-state index in [1.54, 1.807) is 6.07 Å². The monoisotopic (exact) mass is 369 g/mol. The SMILES string of the molecule is O=C(NCC#Cc1cccc(C(F)(F)F)c1)c1cc(-c2ccccc2)n[nH]1. The molecule has 1 aromatic heterocycles. The van der Waals surface area contributed by atoms with Crippen LogP contribution in [-0.4, -0.2) is 22.6 Å². The second-order valence-electron chi connectivity index (χ2n) is 5.60. The van der Waals surface area contributed by atoms with Gasteiger partial charge in [0, 0.05) is 11.1 Å². The number of hydrogen-bond acceptors (Lipinski definition) is 2.